The summed E-state index contributed by atoms with van der Waals surface area (Å²) in [6.45, 7) is 1.43. The molecule has 4 atom stereocenters. The number of nitrogens with one attached hydrogen (secondary N) is 1. The number of aryl methyl sites for hydroxylation is 1. The largest absolute Gasteiger partial charge is 0.475 e. The highest BCUT2D eigenvalue weighted by molar-refractivity contribution is 7.48. The molecule has 2 N–H and O–H groups in total. The molecule has 4 aromatic rings. The first-order valence-electron chi connectivity index (χ1n) is 14.8. The standard InChI is InChI=1S/C31H35N4O10P/c1-21-18-35(31(38)33-30(21)37)29-17-27(28(19-36)43-29)45-46(39,42-15-7-12-32)41-14-5-4-13-40-20-23-16-26(34-44-23)25-11-6-9-22-8-2-3-10-24(22)25/h2-3,6,8-11,16,18,27-29,36H,4-5,7,13-15,17,19-20H2,1H3,(H,33,37,38)/t27-,28+,29+,46?/m0/s1. The molecule has 0 saturated carbocycles. The third-order valence-electron chi connectivity index (χ3n) is 7.35. The topological polar surface area (TPSA) is 188 Å². The van der Waals surface area contributed by atoms with Crippen molar-refractivity contribution in [1.29, 1.82) is 5.26 Å². The van der Waals surface area contributed by atoms with Gasteiger partial charge in [-0.2, -0.15) is 5.26 Å². The minimum atomic E-state index is -4.20. The van der Waals surface area contributed by atoms with Crippen molar-refractivity contribution < 1.29 is 37.2 Å². The summed E-state index contributed by atoms with van der Waals surface area (Å²) in [7, 11) is -4.20. The van der Waals surface area contributed by atoms with Crippen LogP contribution >= 0.6 is 7.82 Å². The first-order chi connectivity index (χ1) is 22.3. The summed E-state index contributed by atoms with van der Waals surface area (Å²) in [4.78, 5) is 26.3. The molecule has 0 amide bonds. The van der Waals surface area contributed by atoms with Gasteiger partial charge in [-0.25, -0.2) is 9.36 Å². The summed E-state index contributed by atoms with van der Waals surface area (Å²) in [5.41, 5.74) is 0.762. The van der Waals surface area contributed by atoms with Gasteiger partial charge in [-0.15, -0.1) is 0 Å². The molecule has 14 nitrogen and oxygen atoms in total. The average molecular weight is 655 g/mol. The van der Waals surface area contributed by atoms with Gasteiger partial charge in [0.1, 0.15) is 30.7 Å². The zero-order valence-electron chi connectivity index (χ0n) is 25.2. The summed E-state index contributed by atoms with van der Waals surface area (Å²) < 4.78 is 48.3. The van der Waals surface area contributed by atoms with Gasteiger partial charge in [0.2, 0.25) is 0 Å². The highest BCUT2D eigenvalue weighted by Crippen LogP contribution is 2.53. The van der Waals surface area contributed by atoms with E-state index in [1.807, 2.05) is 54.6 Å². The predicted octanol–water partition coefficient (Wildman–Crippen LogP) is 4.37. The van der Waals surface area contributed by atoms with Crippen LogP contribution in [0.15, 0.2) is 68.8 Å². The van der Waals surface area contributed by atoms with Crippen molar-refractivity contribution in [2.75, 3.05) is 26.4 Å². The lowest BCUT2D eigenvalue weighted by Gasteiger charge is -2.23. The number of phosphoric ester groups is 1. The van der Waals surface area contributed by atoms with Gasteiger partial charge >= 0.3 is 13.5 Å². The zero-order chi connectivity index (χ0) is 32.5. The van der Waals surface area contributed by atoms with E-state index in [1.165, 1.54) is 17.7 Å². The van der Waals surface area contributed by atoms with Gasteiger partial charge in [-0.1, -0.05) is 47.6 Å². The summed E-state index contributed by atoms with van der Waals surface area (Å²) in [5.74, 6) is 0.581. The highest BCUT2D eigenvalue weighted by atomic mass is 31.2. The van der Waals surface area contributed by atoms with Crippen molar-refractivity contribution in [1.82, 2.24) is 14.7 Å². The molecule has 5 rings (SSSR count). The SMILES string of the molecule is Cc1cn([C@H]2C[C@H](OP(=O)(OCCC#N)OCCCCOCc3cc(-c4cccc5ccccc45)no3)[C@@H](CO)O2)c(=O)[nH]c1=O. The molecule has 0 spiro atoms. The lowest BCUT2D eigenvalue weighted by molar-refractivity contribution is -0.0478. The molecule has 1 unspecified atom stereocenters. The van der Waals surface area contributed by atoms with E-state index >= 15 is 0 Å². The number of phosphoric acid groups is 1. The first-order valence-corrected chi connectivity index (χ1v) is 16.3. The number of unbranched alkanes of at least 4 members (excludes halogenated alkanes) is 1. The quantitative estimate of drug-likeness (QED) is 0.128. The van der Waals surface area contributed by atoms with Gasteiger partial charge in [-0.05, 0) is 30.5 Å². The van der Waals surface area contributed by atoms with Gasteiger partial charge in [0.05, 0.1) is 32.3 Å². The van der Waals surface area contributed by atoms with Crippen LogP contribution in [0.25, 0.3) is 22.0 Å². The monoisotopic (exact) mass is 654 g/mol. The van der Waals surface area contributed by atoms with Crippen molar-refractivity contribution in [3.8, 4) is 17.3 Å². The second-order valence-corrected chi connectivity index (χ2v) is 12.3. The Balaban J connectivity index is 1.10. The van der Waals surface area contributed by atoms with Gasteiger partial charge in [0.15, 0.2) is 5.76 Å². The third kappa shape index (κ3) is 8.26. The number of aromatic amines is 1. The van der Waals surface area contributed by atoms with Gasteiger partial charge in [-0.3, -0.25) is 27.9 Å². The van der Waals surface area contributed by atoms with Crippen molar-refractivity contribution in [3.05, 3.63) is 86.9 Å². The maximum Gasteiger partial charge on any atom is 0.475 e. The fraction of sp³-hybridized carbons (Fsp3) is 0.419. The number of benzene rings is 2. The van der Waals surface area contributed by atoms with E-state index in [9.17, 15) is 19.3 Å². The summed E-state index contributed by atoms with van der Waals surface area (Å²) in [6, 6.07) is 17.8. The van der Waals surface area contributed by atoms with E-state index in [2.05, 4.69) is 10.1 Å². The van der Waals surface area contributed by atoms with E-state index in [1.54, 1.807) is 0 Å². The predicted molar refractivity (Wildman–Crippen MR) is 165 cm³/mol. The number of rotatable bonds is 16. The highest BCUT2D eigenvalue weighted by Gasteiger charge is 2.43. The maximum atomic E-state index is 13.5. The minimum absolute atomic E-state index is 0.000100. The van der Waals surface area contributed by atoms with Gasteiger partial charge in [0, 0.05) is 36.4 Å². The Hall–Kier alpha value is -3.93. The van der Waals surface area contributed by atoms with Crippen molar-refractivity contribution >= 4 is 18.6 Å². The van der Waals surface area contributed by atoms with Crippen LogP contribution in [0.4, 0.5) is 0 Å². The number of fused-ring (bicyclic) bond motifs is 1. The number of H-pyrrole nitrogens is 1. The molecule has 2 aromatic carbocycles. The smallest absolute Gasteiger partial charge is 0.394 e. The normalized spacial score (nSPS) is 19.3. The fourth-order valence-electron chi connectivity index (χ4n) is 5.03. The molecule has 244 valence electrons. The molecule has 0 radical (unpaired) electrons. The van der Waals surface area contributed by atoms with Crippen LogP contribution in [-0.2, 0) is 34.2 Å². The third-order valence-corrected chi connectivity index (χ3v) is 8.87. The van der Waals surface area contributed by atoms with E-state index in [4.69, 9.17) is 32.8 Å². The Bertz CT molecular complexity index is 1820. The molecule has 0 bridgehead atoms. The molecule has 15 heteroatoms. The molecular formula is C31H35N4O10P. The van der Waals surface area contributed by atoms with Crippen LogP contribution in [0, 0.1) is 18.3 Å². The lowest BCUT2D eigenvalue weighted by atomic mass is 10.0. The maximum absolute atomic E-state index is 13.5. The average Bonchev–Trinajstić information content (AvgIpc) is 3.69. The number of hydrogen-bond acceptors (Lipinski definition) is 12. The summed E-state index contributed by atoms with van der Waals surface area (Å²) >= 11 is 0. The van der Waals surface area contributed by atoms with Crippen molar-refractivity contribution in [2.45, 2.75) is 57.6 Å². The number of aliphatic hydroxyl groups is 1. The van der Waals surface area contributed by atoms with Crippen LogP contribution in [0.2, 0.25) is 0 Å². The molecule has 1 saturated heterocycles. The van der Waals surface area contributed by atoms with E-state index in [0.29, 0.717) is 25.2 Å². The minimum Gasteiger partial charge on any atom is -0.394 e. The number of ether oxygens (including phenoxy) is 2. The fourth-order valence-corrected chi connectivity index (χ4v) is 6.44. The molecule has 2 aromatic heterocycles. The molecular weight excluding hydrogens is 619 g/mol. The number of hydrogen-bond donors (Lipinski definition) is 2. The second-order valence-electron chi connectivity index (χ2n) is 10.7. The lowest BCUT2D eigenvalue weighted by Crippen LogP contribution is -2.33. The molecule has 1 aliphatic heterocycles. The van der Waals surface area contributed by atoms with Crippen molar-refractivity contribution in [2.24, 2.45) is 0 Å². The summed E-state index contributed by atoms with van der Waals surface area (Å²) in [6.07, 6.45) is -0.496. The Morgan fingerprint density at radius 1 is 1.13 bits per heavy atom. The van der Waals surface area contributed by atoms with E-state index in [-0.39, 0.29) is 38.2 Å². The van der Waals surface area contributed by atoms with Crippen LogP contribution in [0.5, 0.6) is 0 Å². The molecule has 1 aliphatic rings. The van der Waals surface area contributed by atoms with Gasteiger partial charge < -0.3 is 19.1 Å². The number of aromatic nitrogens is 3. The van der Waals surface area contributed by atoms with E-state index in [0.717, 1.165) is 22.0 Å². The Morgan fingerprint density at radius 3 is 2.74 bits per heavy atom. The Kier molecular flexibility index (Phi) is 11.3. The van der Waals surface area contributed by atoms with Crippen LogP contribution < -0.4 is 11.2 Å². The number of nitriles is 1. The van der Waals surface area contributed by atoms with Crippen LogP contribution in [0.1, 0.15) is 43.2 Å². The number of nitrogens with zero attached hydrogens (tertiary/aromatic N) is 3. The first kappa shape index (κ1) is 33.4. The van der Waals surface area contributed by atoms with Gasteiger partial charge in [0.25, 0.3) is 5.56 Å². The Labute approximate surface area is 264 Å². The summed E-state index contributed by atoms with van der Waals surface area (Å²) in [5, 5.41) is 25.2. The van der Waals surface area contributed by atoms with Crippen LogP contribution in [-0.4, -0.2) is 58.4 Å². The molecule has 46 heavy (non-hydrogen) atoms. The molecule has 1 fully saturated rings. The Morgan fingerprint density at radius 2 is 1.91 bits per heavy atom. The van der Waals surface area contributed by atoms with E-state index < -0.39 is 44.1 Å². The second kappa shape index (κ2) is 15.6. The zero-order valence-corrected chi connectivity index (χ0v) is 26.1. The molecule has 0 aliphatic carbocycles. The number of aliphatic hydroxyl groups excluding tert-OH is 1. The van der Waals surface area contributed by atoms with Crippen LogP contribution in [0.3, 0.4) is 0 Å². The van der Waals surface area contributed by atoms with Crippen molar-refractivity contribution in [3.63, 3.8) is 0 Å². The molecule has 3 heterocycles.